The van der Waals surface area contributed by atoms with Crippen molar-refractivity contribution in [3.63, 3.8) is 0 Å². The van der Waals surface area contributed by atoms with E-state index in [1.807, 2.05) is 0 Å². The minimum Gasteiger partial charge on any atom is -0.496 e. The van der Waals surface area contributed by atoms with Crippen LogP contribution in [0.15, 0.2) is 27.8 Å². The van der Waals surface area contributed by atoms with Crippen molar-refractivity contribution in [1.29, 1.82) is 0 Å². The second kappa shape index (κ2) is 5.83. The topological polar surface area (TPSA) is 74.2 Å². The first-order chi connectivity index (χ1) is 8.72. The number of hydrogen-bond acceptors (Lipinski definition) is 6. The number of rotatable bonds is 5. The Morgan fingerprint density at radius 1 is 1.44 bits per heavy atom. The molecule has 5 nitrogen and oxygen atoms in total. The minimum atomic E-state index is -0.306. The molecule has 96 valence electrons. The van der Waals surface area contributed by atoms with Crippen LogP contribution in [0.2, 0.25) is 0 Å². The summed E-state index contributed by atoms with van der Waals surface area (Å²) in [7, 11) is 1.54. The van der Waals surface area contributed by atoms with E-state index in [1.165, 1.54) is 23.9 Å². The zero-order valence-electron chi connectivity index (χ0n) is 9.72. The van der Waals surface area contributed by atoms with E-state index in [1.54, 1.807) is 13.2 Å². The Morgan fingerprint density at radius 2 is 2.28 bits per heavy atom. The van der Waals surface area contributed by atoms with Crippen LogP contribution in [0.4, 0.5) is 4.39 Å². The Labute approximate surface area is 108 Å². The van der Waals surface area contributed by atoms with E-state index in [9.17, 15) is 4.39 Å². The van der Waals surface area contributed by atoms with Crippen LogP contribution < -0.4 is 10.5 Å². The summed E-state index contributed by atoms with van der Waals surface area (Å²) in [6.45, 7) is 0.205. The summed E-state index contributed by atoms with van der Waals surface area (Å²) in [5.41, 5.74) is 6.09. The van der Waals surface area contributed by atoms with Crippen LogP contribution in [0.25, 0.3) is 0 Å². The van der Waals surface area contributed by atoms with Gasteiger partial charge in [0.05, 0.1) is 13.7 Å². The molecule has 7 heteroatoms. The normalized spacial score (nSPS) is 10.6. The van der Waals surface area contributed by atoms with E-state index >= 15 is 0 Å². The fraction of sp³-hybridized carbons (Fsp3) is 0.273. The molecule has 0 radical (unpaired) electrons. The van der Waals surface area contributed by atoms with Gasteiger partial charge in [-0.05, 0) is 18.2 Å². The average molecular weight is 269 g/mol. The summed E-state index contributed by atoms with van der Waals surface area (Å²) in [4.78, 5) is 0. The van der Waals surface area contributed by atoms with E-state index in [0.29, 0.717) is 22.6 Å². The first kappa shape index (κ1) is 12.8. The molecule has 1 aromatic heterocycles. The van der Waals surface area contributed by atoms with E-state index in [4.69, 9.17) is 14.9 Å². The van der Waals surface area contributed by atoms with E-state index in [0.717, 1.165) is 5.56 Å². The molecule has 0 aliphatic heterocycles. The molecule has 0 atom stereocenters. The predicted octanol–water partition coefficient (Wildman–Crippen LogP) is 1.97. The number of nitrogens with two attached hydrogens (primary N) is 1. The Hall–Kier alpha value is -1.60. The lowest BCUT2D eigenvalue weighted by Crippen LogP contribution is -1.95. The number of hydrogen-bond donors (Lipinski definition) is 1. The highest BCUT2D eigenvalue weighted by Gasteiger charge is 2.09. The van der Waals surface area contributed by atoms with Crippen LogP contribution in [-0.2, 0) is 12.3 Å². The minimum absolute atomic E-state index is 0.205. The molecule has 2 aromatic rings. The molecule has 0 amide bonds. The van der Waals surface area contributed by atoms with Crippen molar-refractivity contribution in [2.75, 3.05) is 7.11 Å². The first-order valence-corrected chi connectivity index (χ1v) is 6.19. The highest BCUT2D eigenvalue weighted by molar-refractivity contribution is 7.98. The lowest BCUT2D eigenvalue weighted by molar-refractivity contribution is 0.409. The Balaban J connectivity index is 2.07. The van der Waals surface area contributed by atoms with Crippen molar-refractivity contribution in [3.05, 3.63) is 35.5 Å². The third-order valence-corrected chi connectivity index (χ3v) is 3.08. The van der Waals surface area contributed by atoms with Crippen molar-refractivity contribution in [1.82, 2.24) is 10.2 Å². The van der Waals surface area contributed by atoms with Crippen molar-refractivity contribution < 1.29 is 13.5 Å². The summed E-state index contributed by atoms with van der Waals surface area (Å²) >= 11 is 1.31. The summed E-state index contributed by atoms with van der Waals surface area (Å²) < 4.78 is 23.5. The third-order valence-electron chi connectivity index (χ3n) is 2.22. The highest BCUT2D eigenvalue weighted by Crippen LogP contribution is 2.27. The van der Waals surface area contributed by atoms with Crippen molar-refractivity contribution in [2.45, 2.75) is 17.5 Å². The van der Waals surface area contributed by atoms with Crippen molar-refractivity contribution in [3.8, 4) is 5.75 Å². The van der Waals surface area contributed by atoms with Crippen molar-refractivity contribution >= 4 is 11.8 Å². The SMILES string of the molecule is COc1ccc(F)cc1CSc1nnc(CN)o1. The summed E-state index contributed by atoms with van der Waals surface area (Å²) in [5, 5.41) is 7.96. The standard InChI is InChI=1S/C11H12FN3O2S/c1-16-9-3-2-8(12)4-7(9)6-18-11-15-14-10(5-13)17-11/h2-4H,5-6,13H2,1H3. The predicted molar refractivity (Wildman–Crippen MR) is 64.7 cm³/mol. The molecule has 0 aliphatic carbocycles. The molecule has 0 saturated carbocycles. The van der Waals surface area contributed by atoms with Gasteiger partial charge in [0.2, 0.25) is 5.89 Å². The molecule has 0 fully saturated rings. The highest BCUT2D eigenvalue weighted by atomic mass is 32.2. The fourth-order valence-electron chi connectivity index (χ4n) is 1.38. The second-order valence-electron chi connectivity index (χ2n) is 3.41. The Morgan fingerprint density at radius 3 is 2.94 bits per heavy atom. The van der Waals surface area contributed by atoms with Gasteiger partial charge in [0.1, 0.15) is 11.6 Å². The summed E-state index contributed by atoms with van der Waals surface area (Å²) in [5.74, 6) is 1.18. The van der Waals surface area contributed by atoms with Gasteiger partial charge in [-0.1, -0.05) is 11.8 Å². The zero-order chi connectivity index (χ0) is 13.0. The van der Waals surface area contributed by atoms with Gasteiger partial charge in [-0.15, -0.1) is 10.2 Å². The fourth-order valence-corrected chi connectivity index (χ4v) is 2.14. The van der Waals surface area contributed by atoms with Gasteiger partial charge >= 0.3 is 0 Å². The smallest absolute Gasteiger partial charge is 0.276 e. The molecular formula is C11H12FN3O2S. The number of methoxy groups -OCH3 is 1. The van der Waals surface area contributed by atoms with Crippen LogP contribution in [0.1, 0.15) is 11.5 Å². The van der Waals surface area contributed by atoms with Gasteiger partial charge in [-0.2, -0.15) is 0 Å². The second-order valence-corrected chi connectivity index (χ2v) is 4.34. The molecule has 0 bridgehead atoms. The van der Waals surface area contributed by atoms with Crippen LogP contribution in [0, 0.1) is 5.82 Å². The summed E-state index contributed by atoms with van der Waals surface area (Å²) in [6, 6.07) is 4.36. The zero-order valence-corrected chi connectivity index (χ0v) is 10.5. The largest absolute Gasteiger partial charge is 0.496 e. The van der Waals surface area contributed by atoms with Crippen LogP contribution >= 0.6 is 11.8 Å². The molecule has 0 saturated heterocycles. The number of ether oxygens (including phenoxy) is 1. The maximum absolute atomic E-state index is 13.1. The quantitative estimate of drug-likeness (QED) is 0.836. The van der Waals surface area contributed by atoms with Gasteiger partial charge in [-0.3, -0.25) is 0 Å². The number of thioether (sulfide) groups is 1. The van der Waals surface area contributed by atoms with Gasteiger partial charge in [0.25, 0.3) is 5.22 Å². The van der Waals surface area contributed by atoms with Gasteiger partial charge in [-0.25, -0.2) is 4.39 Å². The molecule has 1 aromatic carbocycles. The molecular weight excluding hydrogens is 257 g/mol. The lowest BCUT2D eigenvalue weighted by Gasteiger charge is -2.06. The third kappa shape index (κ3) is 2.99. The van der Waals surface area contributed by atoms with Crippen molar-refractivity contribution in [2.24, 2.45) is 5.73 Å². The van der Waals surface area contributed by atoms with E-state index in [-0.39, 0.29) is 12.4 Å². The molecule has 0 aliphatic rings. The summed E-state index contributed by atoms with van der Waals surface area (Å²) in [6.07, 6.45) is 0. The molecule has 2 rings (SSSR count). The number of halogens is 1. The number of nitrogens with zero attached hydrogens (tertiary/aromatic N) is 2. The monoisotopic (exact) mass is 269 g/mol. The number of benzene rings is 1. The van der Waals surface area contributed by atoms with Crippen LogP contribution in [0.5, 0.6) is 5.75 Å². The Kier molecular flexibility index (Phi) is 4.16. The number of aromatic nitrogens is 2. The maximum Gasteiger partial charge on any atom is 0.276 e. The van der Waals surface area contributed by atoms with Gasteiger partial charge in [0, 0.05) is 11.3 Å². The Bertz CT molecular complexity index is 533. The molecule has 0 spiro atoms. The lowest BCUT2D eigenvalue weighted by atomic mass is 10.2. The molecule has 2 N–H and O–H groups in total. The maximum atomic E-state index is 13.1. The van der Waals surface area contributed by atoms with Crippen LogP contribution in [0.3, 0.4) is 0 Å². The van der Waals surface area contributed by atoms with Gasteiger partial charge < -0.3 is 14.9 Å². The first-order valence-electron chi connectivity index (χ1n) is 5.20. The van der Waals surface area contributed by atoms with E-state index in [2.05, 4.69) is 10.2 Å². The van der Waals surface area contributed by atoms with E-state index < -0.39 is 0 Å². The van der Waals surface area contributed by atoms with Gasteiger partial charge in [0.15, 0.2) is 0 Å². The molecule has 1 heterocycles. The average Bonchev–Trinajstić information content (AvgIpc) is 2.84. The molecule has 0 unspecified atom stereocenters. The molecule has 18 heavy (non-hydrogen) atoms. The van der Waals surface area contributed by atoms with Crippen LogP contribution in [-0.4, -0.2) is 17.3 Å².